The highest BCUT2D eigenvalue weighted by atomic mass is 15.4. The Kier molecular flexibility index (Phi) is 4.53. The fraction of sp³-hybridized carbons (Fsp3) is 0.800. The van der Waals surface area contributed by atoms with E-state index in [1.165, 1.54) is 25.7 Å². The lowest BCUT2D eigenvalue weighted by atomic mass is 10.0. The van der Waals surface area contributed by atoms with Gasteiger partial charge in [-0.1, -0.05) is 6.92 Å². The second-order valence-corrected chi connectivity index (χ2v) is 6.16. The van der Waals surface area contributed by atoms with Crippen molar-refractivity contribution in [3.8, 4) is 0 Å². The third-order valence-corrected chi connectivity index (χ3v) is 4.71. The summed E-state index contributed by atoms with van der Waals surface area (Å²) >= 11 is 0. The van der Waals surface area contributed by atoms with E-state index in [0.29, 0.717) is 6.04 Å². The summed E-state index contributed by atoms with van der Waals surface area (Å²) in [5.41, 5.74) is 0. The Balaban J connectivity index is 1.76. The monoisotopic (exact) mass is 290 g/mol. The molecule has 6 heteroatoms. The Morgan fingerprint density at radius 1 is 1.14 bits per heavy atom. The largest absolute Gasteiger partial charge is 0.352 e. The van der Waals surface area contributed by atoms with Crippen LogP contribution in [-0.2, 0) is 0 Å². The molecule has 0 spiro atoms. The lowest BCUT2D eigenvalue weighted by molar-refractivity contribution is 0.310. The molecule has 3 heterocycles. The molecule has 2 saturated heterocycles. The minimum atomic E-state index is 0.607. The maximum absolute atomic E-state index is 4.80. The van der Waals surface area contributed by atoms with E-state index < -0.39 is 0 Å². The Hall–Kier alpha value is -1.43. The van der Waals surface area contributed by atoms with Gasteiger partial charge in [0.15, 0.2) is 5.82 Å². The summed E-state index contributed by atoms with van der Waals surface area (Å²) in [6.45, 7) is 7.46. The first-order valence-electron chi connectivity index (χ1n) is 8.18. The maximum atomic E-state index is 4.80. The molecule has 1 aromatic heterocycles. The van der Waals surface area contributed by atoms with Gasteiger partial charge in [0.25, 0.3) is 0 Å². The Bertz CT molecular complexity index is 457. The Morgan fingerprint density at radius 3 is 2.71 bits per heavy atom. The van der Waals surface area contributed by atoms with Crippen molar-refractivity contribution in [1.29, 1.82) is 0 Å². The van der Waals surface area contributed by atoms with Crippen LogP contribution in [0.4, 0.5) is 11.8 Å². The van der Waals surface area contributed by atoms with E-state index in [-0.39, 0.29) is 0 Å². The van der Waals surface area contributed by atoms with Crippen molar-refractivity contribution >= 4 is 11.8 Å². The molecule has 0 N–H and O–H groups in total. The van der Waals surface area contributed by atoms with Crippen molar-refractivity contribution in [3.63, 3.8) is 0 Å². The van der Waals surface area contributed by atoms with Gasteiger partial charge in [-0.2, -0.15) is 10.1 Å². The lowest BCUT2D eigenvalue weighted by Crippen LogP contribution is -2.45. The van der Waals surface area contributed by atoms with Crippen LogP contribution in [-0.4, -0.2) is 65.9 Å². The number of likely N-dealkylation sites (N-methyl/N-ethyl adjacent to an activating group) is 1. The van der Waals surface area contributed by atoms with Gasteiger partial charge in [0.1, 0.15) is 0 Å². The van der Waals surface area contributed by atoms with E-state index in [1.54, 1.807) is 0 Å². The molecular formula is C15H26N6. The fourth-order valence-electron chi connectivity index (χ4n) is 3.29. The van der Waals surface area contributed by atoms with Gasteiger partial charge in [-0.25, -0.2) is 0 Å². The third-order valence-electron chi connectivity index (χ3n) is 4.71. The van der Waals surface area contributed by atoms with Crippen LogP contribution in [0, 0.1) is 0 Å². The number of nitrogens with zero attached hydrogens (tertiary/aromatic N) is 6. The molecule has 3 rings (SSSR count). The molecule has 0 amide bonds. The summed E-state index contributed by atoms with van der Waals surface area (Å²) < 4.78 is 0. The number of hydrogen-bond donors (Lipinski definition) is 0. The fourth-order valence-corrected chi connectivity index (χ4v) is 3.29. The zero-order chi connectivity index (χ0) is 14.7. The summed E-state index contributed by atoms with van der Waals surface area (Å²) in [6, 6.07) is 0.607. The molecule has 1 atom stereocenters. The molecule has 0 saturated carbocycles. The number of rotatable bonds is 3. The van der Waals surface area contributed by atoms with Crippen molar-refractivity contribution in [2.24, 2.45) is 0 Å². The highest BCUT2D eigenvalue weighted by Gasteiger charge is 2.24. The van der Waals surface area contributed by atoms with Gasteiger partial charge < -0.3 is 14.7 Å². The minimum absolute atomic E-state index is 0.607. The number of aromatic nitrogens is 3. The van der Waals surface area contributed by atoms with E-state index in [1.807, 2.05) is 6.20 Å². The molecule has 116 valence electrons. The van der Waals surface area contributed by atoms with Crippen LogP contribution in [0.25, 0.3) is 0 Å². The average Bonchev–Trinajstić information content (AvgIpc) is 2.55. The topological polar surface area (TPSA) is 48.4 Å². The van der Waals surface area contributed by atoms with E-state index in [0.717, 1.165) is 44.5 Å². The molecule has 1 aromatic rings. The van der Waals surface area contributed by atoms with Gasteiger partial charge >= 0.3 is 0 Å². The molecular weight excluding hydrogens is 264 g/mol. The number of piperazine rings is 1. The van der Waals surface area contributed by atoms with E-state index in [2.05, 4.69) is 38.9 Å². The van der Waals surface area contributed by atoms with Crippen molar-refractivity contribution in [2.45, 2.75) is 38.6 Å². The van der Waals surface area contributed by atoms with E-state index in [9.17, 15) is 0 Å². The molecule has 1 unspecified atom stereocenters. The molecule has 0 radical (unpaired) electrons. The Labute approximate surface area is 127 Å². The number of piperidine rings is 1. The van der Waals surface area contributed by atoms with Crippen molar-refractivity contribution in [3.05, 3.63) is 6.20 Å². The standard InChI is InChI=1S/C15H26N6/c1-3-13-6-4-5-7-21(13)14-12-16-18-15(17-14)20-10-8-19(2)9-11-20/h12-13H,3-11H2,1-2H3. The van der Waals surface area contributed by atoms with Crippen LogP contribution in [0.5, 0.6) is 0 Å². The van der Waals surface area contributed by atoms with Crippen LogP contribution in [0.15, 0.2) is 6.20 Å². The van der Waals surface area contributed by atoms with Gasteiger partial charge in [-0.15, -0.1) is 5.10 Å². The summed E-state index contributed by atoms with van der Waals surface area (Å²) in [6.07, 6.45) is 6.86. The zero-order valence-corrected chi connectivity index (χ0v) is 13.2. The third kappa shape index (κ3) is 3.26. The summed E-state index contributed by atoms with van der Waals surface area (Å²) in [5, 5.41) is 8.47. The van der Waals surface area contributed by atoms with Gasteiger partial charge in [0.05, 0.1) is 6.20 Å². The Morgan fingerprint density at radius 2 is 1.95 bits per heavy atom. The first kappa shape index (κ1) is 14.5. The number of anilines is 2. The van der Waals surface area contributed by atoms with Crippen LogP contribution in [0.2, 0.25) is 0 Å². The van der Waals surface area contributed by atoms with Crippen molar-refractivity contribution < 1.29 is 0 Å². The minimum Gasteiger partial charge on any atom is -0.352 e. The van der Waals surface area contributed by atoms with Crippen LogP contribution in [0.3, 0.4) is 0 Å². The highest BCUT2D eigenvalue weighted by Crippen LogP contribution is 2.25. The molecule has 0 aromatic carbocycles. The summed E-state index contributed by atoms with van der Waals surface area (Å²) in [7, 11) is 2.16. The van der Waals surface area contributed by atoms with Gasteiger partial charge in [-0.3, -0.25) is 0 Å². The van der Waals surface area contributed by atoms with Crippen LogP contribution in [0.1, 0.15) is 32.6 Å². The average molecular weight is 290 g/mol. The van der Waals surface area contributed by atoms with E-state index in [4.69, 9.17) is 4.98 Å². The quantitative estimate of drug-likeness (QED) is 0.838. The van der Waals surface area contributed by atoms with Crippen molar-refractivity contribution in [2.75, 3.05) is 49.6 Å². The predicted octanol–water partition coefficient (Wildman–Crippen LogP) is 1.39. The lowest BCUT2D eigenvalue weighted by Gasteiger charge is -2.37. The summed E-state index contributed by atoms with van der Waals surface area (Å²) in [4.78, 5) is 11.8. The van der Waals surface area contributed by atoms with Crippen LogP contribution >= 0.6 is 0 Å². The SMILES string of the molecule is CCC1CCCCN1c1cnnc(N2CCN(C)CC2)n1. The summed E-state index contributed by atoms with van der Waals surface area (Å²) in [5.74, 6) is 1.80. The first-order chi connectivity index (χ1) is 10.3. The van der Waals surface area contributed by atoms with Gasteiger partial charge in [0, 0.05) is 38.8 Å². The maximum Gasteiger partial charge on any atom is 0.247 e. The van der Waals surface area contributed by atoms with Crippen LogP contribution < -0.4 is 9.80 Å². The molecule has 2 fully saturated rings. The molecule has 2 aliphatic rings. The first-order valence-corrected chi connectivity index (χ1v) is 8.18. The van der Waals surface area contributed by atoms with Gasteiger partial charge in [0.2, 0.25) is 5.95 Å². The molecule has 0 aliphatic carbocycles. The molecule has 6 nitrogen and oxygen atoms in total. The van der Waals surface area contributed by atoms with E-state index >= 15 is 0 Å². The second kappa shape index (κ2) is 6.56. The zero-order valence-electron chi connectivity index (χ0n) is 13.2. The highest BCUT2D eigenvalue weighted by molar-refractivity contribution is 5.43. The number of hydrogen-bond acceptors (Lipinski definition) is 6. The van der Waals surface area contributed by atoms with Crippen molar-refractivity contribution in [1.82, 2.24) is 20.1 Å². The van der Waals surface area contributed by atoms with Gasteiger partial charge in [-0.05, 0) is 32.7 Å². The normalized spacial score (nSPS) is 24.4. The second-order valence-electron chi connectivity index (χ2n) is 6.16. The smallest absolute Gasteiger partial charge is 0.247 e. The predicted molar refractivity (Wildman–Crippen MR) is 84.8 cm³/mol. The molecule has 0 bridgehead atoms. The molecule has 21 heavy (non-hydrogen) atoms. The molecule has 2 aliphatic heterocycles.